The molecule has 2 rings (SSSR count). The third kappa shape index (κ3) is 3.99. The number of aryl methyl sites for hydroxylation is 1. The Bertz CT molecular complexity index is 807. The molecule has 0 fully saturated rings. The molecule has 0 spiro atoms. The van der Waals surface area contributed by atoms with Crippen LogP contribution in [0, 0.1) is 21.4 Å². The zero-order valence-electron chi connectivity index (χ0n) is 12.1. The lowest BCUT2D eigenvalue weighted by atomic mass is 10.0. The van der Waals surface area contributed by atoms with Crippen molar-refractivity contribution in [1.82, 2.24) is 4.98 Å². The first-order valence-electron chi connectivity index (χ1n) is 6.65. The fourth-order valence-electron chi connectivity index (χ4n) is 1.90. The molecule has 1 amide bonds. The van der Waals surface area contributed by atoms with Crippen LogP contribution in [0.25, 0.3) is 6.08 Å². The number of carbonyl (C=O) groups is 1. The third-order valence-corrected chi connectivity index (χ3v) is 3.70. The van der Waals surface area contributed by atoms with Crippen LogP contribution < -0.4 is 5.32 Å². The van der Waals surface area contributed by atoms with Crippen LogP contribution in [0.5, 0.6) is 0 Å². The molecule has 1 N–H and O–H groups in total. The minimum Gasteiger partial charge on any atom is -0.297 e. The molecule has 0 aliphatic heterocycles. The van der Waals surface area contributed by atoms with E-state index in [1.54, 1.807) is 23.6 Å². The molecule has 7 nitrogen and oxygen atoms in total. The highest BCUT2D eigenvalue weighted by molar-refractivity contribution is 7.13. The quantitative estimate of drug-likeness (QED) is 0.392. The second-order valence-corrected chi connectivity index (χ2v) is 5.35. The third-order valence-electron chi connectivity index (χ3n) is 3.02. The Labute approximate surface area is 136 Å². The van der Waals surface area contributed by atoms with Crippen molar-refractivity contribution in [3.8, 4) is 6.07 Å². The van der Waals surface area contributed by atoms with Gasteiger partial charge in [0.2, 0.25) is 0 Å². The summed E-state index contributed by atoms with van der Waals surface area (Å²) < 4.78 is 0. The highest BCUT2D eigenvalue weighted by Gasteiger charge is 2.15. The molecule has 1 aromatic carbocycles. The van der Waals surface area contributed by atoms with Crippen molar-refractivity contribution >= 4 is 34.1 Å². The molecule has 0 saturated carbocycles. The Hall–Kier alpha value is -3.05. The van der Waals surface area contributed by atoms with Gasteiger partial charge in [-0.05, 0) is 18.1 Å². The fraction of sp³-hybridized carbons (Fsp3) is 0.133. The molecule has 0 radical (unpaired) electrons. The number of hydrogen-bond donors (Lipinski definition) is 1. The number of anilines is 1. The molecule has 1 aromatic heterocycles. The van der Waals surface area contributed by atoms with E-state index in [1.165, 1.54) is 29.7 Å². The van der Waals surface area contributed by atoms with E-state index in [0.717, 1.165) is 0 Å². The second kappa shape index (κ2) is 7.29. The molecule has 2 aromatic rings. The van der Waals surface area contributed by atoms with Gasteiger partial charge in [-0.15, -0.1) is 11.3 Å². The molecule has 0 atom stereocenters. The van der Waals surface area contributed by atoms with Gasteiger partial charge in [0.1, 0.15) is 11.6 Å². The fourth-order valence-corrected chi connectivity index (χ4v) is 2.43. The van der Waals surface area contributed by atoms with Crippen molar-refractivity contribution in [2.45, 2.75) is 13.3 Å². The number of amides is 1. The van der Waals surface area contributed by atoms with E-state index in [1.807, 2.05) is 6.92 Å². The molecule has 0 saturated heterocycles. The van der Waals surface area contributed by atoms with E-state index in [2.05, 4.69) is 10.3 Å². The molecule has 0 aliphatic rings. The minimum absolute atomic E-state index is 0.0288. The predicted molar refractivity (Wildman–Crippen MR) is 86.8 cm³/mol. The van der Waals surface area contributed by atoms with Gasteiger partial charge in [0.25, 0.3) is 11.6 Å². The average Bonchev–Trinajstić information content (AvgIpc) is 3.05. The number of aromatic nitrogens is 1. The van der Waals surface area contributed by atoms with Crippen molar-refractivity contribution in [1.29, 1.82) is 5.26 Å². The van der Waals surface area contributed by atoms with Crippen molar-refractivity contribution in [2.75, 3.05) is 5.32 Å². The Morgan fingerprint density at radius 2 is 2.35 bits per heavy atom. The van der Waals surface area contributed by atoms with E-state index < -0.39 is 10.8 Å². The number of rotatable bonds is 5. The summed E-state index contributed by atoms with van der Waals surface area (Å²) >= 11 is 1.23. The summed E-state index contributed by atoms with van der Waals surface area (Å²) in [6.45, 7) is 1.82. The van der Waals surface area contributed by atoms with Crippen molar-refractivity contribution < 1.29 is 9.72 Å². The summed E-state index contributed by atoms with van der Waals surface area (Å²) in [6, 6.07) is 6.41. The summed E-state index contributed by atoms with van der Waals surface area (Å²) in [6.07, 6.45) is 3.37. The summed E-state index contributed by atoms with van der Waals surface area (Å²) in [7, 11) is 0. The van der Waals surface area contributed by atoms with Gasteiger partial charge in [0, 0.05) is 23.2 Å². The van der Waals surface area contributed by atoms with Gasteiger partial charge in [-0.25, -0.2) is 4.98 Å². The molecular formula is C15H12N4O3S. The van der Waals surface area contributed by atoms with Crippen molar-refractivity contribution in [2.24, 2.45) is 0 Å². The van der Waals surface area contributed by atoms with Gasteiger partial charge < -0.3 is 0 Å². The number of carbonyl (C=O) groups excluding carboxylic acids is 1. The van der Waals surface area contributed by atoms with E-state index in [4.69, 9.17) is 5.26 Å². The van der Waals surface area contributed by atoms with Gasteiger partial charge in [-0.1, -0.05) is 19.1 Å². The number of nitro benzene ring substituents is 1. The normalized spacial score (nSPS) is 10.9. The van der Waals surface area contributed by atoms with E-state index >= 15 is 0 Å². The lowest BCUT2D eigenvalue weighted by molar-refractivity contribution is -0.385. The molecule has 0 unspecified atom stereocenters. The van der Waals surface area contributed by atoms with E-state index in [9.17, 15) is 14.9 Å². The number of nitrogens with zero attached hydrogens (tertiary/aromatic N) is 3. The maximum absolute atomic E-state index is 12.0. The Balaban J connectivity index is 2.31. The van der Waals surface area contributed by atoms with Crippen LogP contribution in [0.15, 0.2) is 35.3 Å². The Morgan fingerprint density at radius 1 is 1.57 bits per heavy atom. The van der Waals surface area contributed by atoms with E-state index in [0.29, 0.717) is 22.7 Å². The molecule has 116 valence electrons. The smallest absolute Gasteiger partial charge is 0.273 e. The second-order valence-electron chi connectivity index (χ2n) is 4.46. The highest BCUT2D eigenvalue weighted by atomic mass is 32.1. The molecule has 1 heterocycles. The minimum atomic E-state index is -0.607. The summed E-state index contributed by atoms with van der Waals surface area (Å²) in [5.74, 6) is -0.607. The largest absolute Gasteiger partial charge is 0.297 e. The van der Waals surface area contributed by atoms with Crippen LogP contribution in [0.4, 0.5) is 10.8 Å². The van der Waals surface area contributed by atoms with E-state index in [-0.39, 0.29) is 11.3 Å². The first-order chi connectivity index (χ1) is 11.0. The van der Waals surface area contributed by atoms with Crippen LogP contribution in [0.2, 0.25) is 0 Å². The first kappa shape index (κ1) is 16.3. The number of nitriles is 1. The maximum Gasteiger partial charge on any atom is 0.273 e. The Morgan fingerprint density at radius 3 is 2.91 bits per heavy atom. The standard InChI is InChI=1S/C15H12N4O3S/c1-2-11-4-3-10(8-13(11)19(21)22)7-12(9-16)14(20)18-15-17-5-6-23-15/h3-8H,2H2,1H3,(H,17,18,20)/b12-7+. The van der Waals surface area contributed by atoms with Crippen molar-refractivity contribution in [3.63, 3.8) is 0 Å². The number of nitrogens with one attached hydrogen (secondary N) is 1. The topological polar surface area (TPSA) is 109 Å². The molecular weight excluding hydrogens is 316 g/mol. The SMILES string of the molecule is CCc1ccc(/C=C(\C#N)C(=O)Nc2nccs2)cc1[N+](=O)[O-]. The lowest BCUT2D eigenvalue weighted by Crippen LogP contribution is -2.13. The van der Waals surface area contributed by atoms with Crippen LogP contribution in [0.1, 0.15) is 18.1 Å². The zero-order chi connectivity index (χ0) is 16.8. The zero-order valence-corrected chi connectivity index (χ0v) is 13.0. The number of thiazole rings is 1. The number of nitro groups is 1. The molecule has 0 aliphatic carbocycles. The average molecular weight is 328 g/mol. The monoisotopic (exact) mass is 328 g/mol. The van der Waals surface area contributed by atoms with Gasteiger partial charge in [0.05, 0.1) is 4.92 Å². The van der Waals surface area contributed by atoms with Crippen molar-refractivity contribution in [3.05, 3.63) is 56.6 Å². The van der Waals surface area contributed by atoms with Crippen LogP contribution in [-0.2, 0) is 11.2 Å². The summed E-state index contributed by atoms with van der Waals surface area (Å²) in [4.78, 5) is 26.5. The van der Waals surface area contributed by atoms with Gasteiger partial charge in [-0.2, -0.15) is 5.26 Å². The van der Waals surface area contributed by atoms with Gasteiger partial charge >= 0.3 is 0 Å². The first-order valence-corrected chi connectivity index (χ1v) is 7.53. The maximum atomic E-state index is 12.0. The Kier molecular flexibility index (Phi) is 5.17. The summed E-state index contributed by atoms with van der Waals surface area (Å²) in [5.41, 5.74) is 0.829. The van der Waals surface area contributed by atoms with Crippen LogP contribution >= 0.6 is 11.3 Å². The predicted octanol–water partition coefficient (Wildman–Crippen LogP) is 3.16. The van der Waals surface area contributed by atoms with Crippen LogP contribution in [0.3, 0.4) is 0 Å². The molecule has 8 heteroatoms. The highest BCUT2D eigenvalue weighted by Crippen LogP contribution is 2.22. The number of benzene rings is 1. The van der Waals surface area contributed by atoms with Crippen LogP contribution in [-0.4, -0.2) is 15.8 Å². The molecule has 0 bridgehead atoms. The summed E-state index contributed by atoms with van der Waals surface area (Å²) in [5, 5.41) is 24.8. The molecule has 23 heavy (non-hydrogen) atoms. The lowest BCUT2D eigenvalue weighted by Gasteiger charge is -2.03. The van der Waals surface area contributed by atoms with Gasteiger partial charge in [0.15, 0.2) is 5.13 Å². The van der Waals surface area contributed by atoms with Gasteiger partial charge in [-0.3, -0.25) is 20.2 Å². The number of hydrogen-bond acceptors (Lipinski definition) is 6.